The van der Waals surface area contributed by atoms with Crippen LogP contribution in [-0.2, 0) is 71.2 Å². The normalized spacial score (nSPS) is 11.1. The van der Waals surface area contributed by atoms with Crippen molar-refractivity contribution >= 4 is 11.9 Å². The molecule has 0 N–H and O–H groups in total. The lowest BCUT2D eigenvalue weighted by molar-refractivity contribution is -0.146. The molecule has 0 aromatic heterocycles. The molecule has 0 aromatic carbocycles. The standard InChI is InChI=1S/C29H54O15/c1-27(2)29(31)44-25-24-42-21-20-40-17-16-38-13-12-36-9-8-34-5-4-33-6-7-35-10-11-37-14-15-39-18-19-41-22-23-43-26-28(30)32-3/h1,4-26H2,2-3H3. The van der Waals surface area contributed by atoms with Gasteiger partial charge in [0.05, 0.1) is 146 Å². The van der Waals surface area contributed by atoms with Crippen LogP contribution in [0.1, 0.15) is 6.92 Å². The number of hydrogen-bond donors (Lipinski definition) is 0. The van der Waals surface area contributed by atoms with Crippen LogP contribution >= 0.6 is 0 Å². The highest BCUT2D eigenvalue weighted by molar-refractivity contribution is 5.86. The quantitative estimate of drug-likeness (QED) is 0.0528. The molecule has 0 spiro atoms. The van der Waals surface area contributed by atoms with Gasteiger partial charge in [0.1, 0.15) is 13.2 Å². The molecule has 0 aliphatic carbocycles. The Hall–Kier alpha value is -1.76. The van der Waals surface area contributed by atoms with E-state index in [0.717, 1.165) is 0 Å². The molecule has 0 aliphatic rings. The van der Waals surface area contributed by atoms with Crippen molar-refractivity contribution in [3.8, 4) is 0 Å². The Morgan fingerprint density at radius 2 is 0.636 bits per heavy atom. The predicted molar refractivity (Wildman–Crippen MR) is 157 cm³/mol. The third-order valence-electron chi connectivity index (χ3n) is 4.98. The summed E-state index contributed by atoms with van der Waals surface area (Å²) < 4.78 is 68.4. The third kappa shape index (κ3) is 34.7. The highest BCUT2D eigenvalue weighted by Crippen LogP contribution is 1.92. The molecule has 0 heterocycles. The van der Waals surface area contributed by atoms with E-state index >= 15 is 0 Å². The molecule has 0 saturated heterocycles. The largest absolute Gasteiger partial charge is 0.467 e. The van der Waals surface area contributed by atoms with E-state index in [0.29, 0.717) is 144 Å². The molecule has 0 unspecified atom stereocenters. The Morgan fingerprint density at radius 3 is 0.864 bits per heavy atom. The Balaban J connectivity index is 3.08. The zero-order chi connectivity index (χ0) is 32.2. The van der Waals surface area contributed by atoms with Crippen LogP contribution in [0.15, 0.2) is 12.2 Å². The first-order valence-corrected chi connectivity index (χ1v) is 14.8. The van der Waals surface area contributed by atoms with E-state index in [1.54, 1.807) is 6.92 Å². The molecule has 260 valence electrons. The van der Waals surface area contributed by atoms with Gasteiger partial charge in [-0.05, 0) is 6.92 Å². The number of ether oxygens (including phenoxy) is 13. The Labute approximate surface area is 261 Å². The van der Waals surface area contributed by atoms with Crippen LogP contribution in [0.2, 0.25) is 0 Å². The van der Waals surface area contributed by atoms with Gasteiger partial charge in [-0.2, -0.15) is 0 Å². The number of carbonyl (C=O) groups excluding carboxylic acids is 2. The second-order valence-electron chi connectivity index (χ2n) is 8.67. The predicted octanol–water partition coefficient (Wildman–Crippen LogP) is 0.461. The van der Waals surface area contributed by atoms with Crippen molar-refractivity contribution in [2.45, 2.75) is 6.92 Å². The molecule has 0 aliphatic heterocycles. The van der Waals surface area contributed by atoms with Gasteiger partial charge >= 0.3 is 11.9 Å². The average Bonchev–Trinajstić information content (AvgIpc) is 3.02. The molecule has 0 radical (unpaired) electrons. The summed E-state index contributed by atoms with van der Waals surface area (Å²) in [6.45, 7) is 14.7. The molecule has 0 saturated carbocycles. The van der Waals surface area contributed by atoms with E-state index < -0.39 is 11.9 Å². The lowest BCUT2D eigenvalue weighted by atomic mass is 10.4. The molecule has 15 heteroatoms. The van der Waals surface area contributed by atoms with Gasteiger partial charge in [0.15, 0.2) is 0 Å². The van der Waals surface area contributed by atoms with Crippen molar-refractivity contribution in [2.24, 2.45) is 0 Å². The summed E-state index contributed by atoms with van der Waals surface area (Å²) in [7, 11) is 1.31. The number of esters is 2. The van der Waals surface area contributed by atoms with Crippen molar-refractivity contribution in [1.82, 2.24) is 0 Å². The molecular weight excluding hydrogens is 588 g/mol. The van der Waals surface area contributed by atoms with Crippen LogP contribution in [-0.4, -0.2) is 171 Å². The number of hydrogen-bond acceptors (Lipinski definition) is 15. The summed E-state index contributed by atoms with van der Waals surface area (Å²) in [5, 5.41) is 0. The van der Waals surface area contributed by atoms with Crippen LogP contribution in [0.3, 0.4) is 0 Å². The monoisotopic (exact) mass is 642 g/mol. The molecule has 44 heavy (non-hydrogen) atoms. The minimum atomic E-state index is -0.417. The molecule has 15 nitrogen and oxygen atoms in total. The Bertz CT molecular complexity index is 650. The maximum absolute atomic E-state index is 11.2. The highest BCUT2D eigenvalue weighted by atomic mass is 16.6. The molecule has 0 rings (SSSR count). The number of rotatable bonds is 36. The first-order chi connectivity index (χ1) is 21.6. The summed E-state index contributed by atoms with van der Waals surface area (Å²) in [4.78, 5) is 22.0. The summed E-state index contributed by atoms with van der Waals surface area (Å²) in [5.41, 5.74) is 0.366. The van der Waals surface area contributed by atoms with Gasteiger partial charge in [-0.3, -0.25) is 0 Å². The van der Waals surface area contributed by atoms with E-state index in [-0.39, 0.29) is 13.2 Å². The molecule has 0 fully saturated rings. The Morgan fingerprint density at radius 1 is 0.409 bits per heavy atom. The van der Waals surface area contributed by atoms with Crippen molar-refractivity contribution in [2.75, 3.05) is 159 Å². The number of methoxy groups -OCH3 is 1. The summed E-state index contributed by atoms with van der Waals surface area (Å²) in [6.07, 6.45) is 0. The zero-order valence-corrected chi connectivity index (χ0v) is 26.6. The van der Waals surface area contributed by atoms with Crippen LogP contribution in [0.5, 0.6) is 0 Å². The average molecular weight is 643 g/mol. The van der Waals surface area contributed by atoms with E-state index in [4.69, 9.17) is 56.8 Å². The van der Waals surface area contributed by atoms with Gasteiger partial charge in [-0.1, -0.05) is 6.58 Å². The van der Waals surface area contributed by atoms with Gasteiger partial charge in [-0.25, -0.2) is 9.59 Å². The topological polar surface area (TPSA) is 154 Å². The first-order valence-electron chi connectivity index (χ1n) is 14.8. The molecule has 0 amide bonds. The van der Waals surface area contributed by atoms with Gasteiger partial charge in [0, 0.05) is 5.57 Å². The minimum absolute atomic E-state index is 0.0745. The smallest absolute Gasteiger partial charge is 0.333 e. The SMILES string of the molecule is C=C(C)C(=O)OCCOCCOCCOCCOCCOCCOCCOCCOCCOCCOCCOCC(=O)OC. The molecular formula is C29H54O15. The second kappa shape index (κ2) is 35.7. The van der Waals surface area contributed by atoms with E-state index in [2.05, 4.69) is 11.3 Å². The molecule has 0 bridgehead atoms. The third-order valence-corrected chi connectivity index (χ3v) is 4.98. The van der Waals surface area contributed by atoms with Crippen molar-refractivity contribution in [3.63, 3.8) is 0 Å². The van der Waals surface area contributed by atoms with E-state index in [9.17, 15) is 9.59 Å². The van der Waals surface area contributed by atoms with Gasteiger partial charge < -0.3 is 61.6 Å². The maximum atomic E-state index is 11.2. The van der Waals surface area contributed by atoms with Crippen LogP contribution < -0.4 is 0 Å². The second-order valence-corrected chi connectivity index (χ2v) is 8.67. The van der Waals surface area contributed by atoms with Gasteiger partial charge in [0.2, 0.25) is 0 Å². The minimum Gasteiger partial charge on any atom is -0.467 e. The summed E-state index contributed by atoms with van der Waals surface area (Å²) >= 11 is 0. The fraction of sp³-hybridized carbons (Fsp3) is 0.862. The van der Waals surface area contributed by atoms with E-state index in [1.807, 2.05) is 0 Å². The summed E-state index contributed by atoms with van der Waals surface area (Å²) in [6, 6.07) is 0. The van der Waals surface area contributed by atoms with Crippen molar-refractivity contribution in [3.05, 3.63) is 12.2 Å². The van der Waals surface area contributed by atoms with E-state index in [1.165, 1.54) is 7.11 Å². The van der Waals surface area contributed by atoms with Crippen LogP contribution in [0.4, 0.5) is 0 Å². The molecule has 0 aromatic rings. The fourth-order valence-corrected chi connectivity index (χ4v) is 2.73. The highest BCUT2D eigenvalue weighted by Gasteiger charge is 2.02. The zero-order valence-electron chi connectivity index (χ0n) is 26.6. The summed E-state index contributed by atoms with van der Waals surface area (Å²) in [5.74, 6) is -0.828. The van der Waals surface area contributed by atoms with Gasteiger partial charge in [-0.15, -0.1) is 0 Å². The van der Waals surface area contributed by atoms with Crippen LogP contribution in [0, 0.1) is 0 Å². The Kier molecular flexibility index (Phi) is 34.3. The molecule has 0 atom stereocenters. The maximum Gasteiger partial charge on any atom is 0.333 e. The lowest BCUT2D eigenvalue weighted by Gasteiger charge is -2.09. The number of carbonyl (C=O) groups is 2. The first kappa shape index (κ1) is 42.2. The van der Waals surface area contributed by atoms with Gasteiger partial charge in [0.25, 0.3) is 0 Å². The van der Waals surface area contributed by atoms with Crippen molar-refractivity contribution < 1.29 is 71.2 Å². The fourth-order valence-electron chi connectivity index (χ4n) is 2.73. The lowest BCUT2D eigenvalue weighted by Crippen LogP contribution is -2.16. The van der Waals surface area contributed by atoms with Crippen LogP contribution in [0.25, 0.3) is 0 Å². The van der Waals surface area contributed by atoms with Crippen molar-refractivity contribution in [1.29, 1.82) is 0 Å².